The molecule has 2 saturated heterocycles. The molecule has 2 aliphatic heterocycles. The SMILES string of the molecule is COC(=O)N(C(=O)[C@@H](N)C(c1ccccc1)c1ccccc1)c1ccccc1CC[C@@H]1CN[C@H](C)[C@@H](CSc2cc(N3CCN(C)CC3)ncn2)O1. The Labute approximate surface area is 310 Å². The number of likely N-dealkylation sites (N-methyl/N-ethyl adjacent to an activating group) is 1. The number of aromatic nitrogens is 2. The second-order valence-corrected chi connectivity index (χ2v) is 14.5. The molecule has 12 heteroatoms. The number of nitrogens with zero attached hydrogens (tertiary/aromatic N) is 5. The molecule has 274 valence electrons. The van der Waals surface area contributed by atoms with Gasteiger partial charge in [0.25, 0.3) is 5.91 Å². The van der Waals surface area contributed by atoms with E-state index in [4.69, 9.17) is 15.2 Å². The Kier molecular flexibility index (Phi) is 12.9. The minimum Gasteiger partial charge on any atom is -0.452 e. The van der Waals surface area contributed by atoms with E-state index in [2.05, 4.69) is 45.1 Å². The first kappa shape index (κ1) is 37.4. The molecule has 2 aliphatic rings. The van der Waals surface area contributed by atoms with E-state index in [9.17, 15) is 9.59 Å². The summed E-state index contributed by atoms with van der Waals surface area (Å²) < 4.78 is 11.8. The molecule has 6 rings (SSSR count). The lowest BCUT2D eigenvalue weighted by Gasteiger charge is -2.36. The van der Waals surface area contributed by atoms with Crippen molar-refractivity contribution in [1.82, 2.24) is 20.2 Å². The normalized spacial score (nSPS) is 20.0. The van der Waals surface area contributed by atoms with Crippen molar-refractivity contribution >= 4 is 35.3 Å². The van der Waals surface area contributed by atoms with Crippen LogP contribution in [-0.4, -0.2) is 104 Å². The summed E-state index contributed by atoms with van der Waals surface area (Å²) in [6.45, 7) is 6.79. The molecule has 2 fully saturated rings. The summed E-state index contributed by atoms with van der Waals surface area (Å²) in [5.41, 5.74) is 9.85. The molecule has 0 radical (unpaired) electrons. The van der Waals surface area contributed by atoms with Crippen molar-refractivity contribution in [2.75, 3.05) is 62.4 Å². The molecule has 11 nitrogen and oxygen atoms in total. The number of nitrogens with two attached hydrogens (primary N) is 1. The Morgan fingerprint density at radius 1 is 0.981 bits per heavy atom. The number of ether oxygens (including phenoxy) is 2. The molecule has 4 atom stereocenters. The zero-order valence-electron chi connectivity index (χ0n) is 30.1. The van der Waals surface area contributed by atoms with E-state index >= 15 is 0 Å². The number of carbonyl (C=O) groups is 2. The fraction of sp³-hybridized carbons (Fsp3) is 0.400. The molecule has 0 bridgehead atoms. The number of anilines is 2. The molecule has 0 saturated carbocycles. The van der Waals surface area contributed by atoms with Crippen LogP contribution in [-0.2, 0) is 20.7 Å². The molecule has 3 N–H and O–H groups in total. The molecule has 0 unspecified atom stereocenters. The van der Waals surface area contributed by atoms with Gasteiger partial charge in [0.15, 0.2) is 0 Å². The number of rotatable bonds is 12. The monoisotopic (exact) mass is 723 g/mol. The number of piperazine rings is 1. The highest BCUT2D eigenvalue weighted by atomic mass is 32.2. The highest BCUT2D eigenvalue weighted by molar-refractivity contribution is 7.99. The van der Waals surface area contributed by atoms with E-state index < -0.39 is 24.0 Å². The number of hydrogen-bond donors (Lipinski definition) is 2. The van der Waals surface area contributed by atoms with E-state index in [-0.39, 0.29) is 18.2 Å². The van der Waals surface area contributed by atoms with Crippen molar-refractivity contribution in [3.8, 4) is 0 Å². The first-order chi connectivity index (χ1) is 25.3. The van der Waals surface area contributed by atoms with Gasteiger partial charge < -0.3 is 30.3 Å². The van der Waals surface area contributed by atoms with Crippen LogP contribution in [0.1, 0.15) is 36.0 Å². The molecular formula is C40H49N7O4S. The first-order valence-electron chi connectivity index (χ1n) is 17.9. The number of para-hydroxylation sites is 1. The van der Waals surface area contributed by atoms with Gasteiger partial charge in [-0.1, -0.05) is 78.9 Å². The summed E-state index contributed by atoms with van der Waals surface area (Å²) in [5, 5.41) is 4.56. The summed E-state index contributed by atoms with van der Waals surface area (Å²) in [7, 11) is 3.42. The number of thioether (sulfide) groups is 1. The summed E-state index contributed by atoms with van der Waals surface area (Å²) in [6, 6.07) is 28.0. The minimum atomic E-state index is -1.06. The highest BCUT2D eigenvalue weighted by Gasteiger charge is 2.36. The predicted molar refractivity (Wildman–Crippen MR) is 206 cm³/mol. The van der Waals surface area contributed by atoms with E-state index in [1.807, 2.05) is 78.9 Å². The Hall–Kier alpha value is -4.33. The van der Waals surface area contributed by atoms with Crippen LogP contribution in [0.2, 0.25) is 0 Å². The van der Waals surface area contributed by atoms with Crippen molar-refractivity contribution in [3.63, 3.8) is 0 Å². The second kappa shape index (κ2) is 17.9. The van der Waals surface area contributed by atoms with Gasteiger partial charge in [0.1, 0.15) is 17.2 Å². The van der Waals surface area contributed by atoms with Gasteiger partial charge in [-0.15, -0.1) is 11.8 Å². The number of imide groups is 1. The van der Waals surface area contributed by atoms with Crippen molar-refractivity contribution < 1.29 is 19.1 Å². The lowest BCUT2D eigenvalue weighted by Crippen LogP contribution is -2.52. The van der Waals surface area contributed by atoms with Crippen LogP contribution in [0.5, 0.6) is 0 Å². The highest BCUT2D eigenvalue weighted by Crippen LogP contribution is 2.32. The molecule has 1 aromatic heterocycles. The molecule has 2 amide bonds. The van der Waals surface area contributed by atoms with Gasteiger partial charge >= 0.3 is 6.09 Å². The Morgan fingerprint density at radius 2 is 1.63 bits per heavy atom. The van der Waals surface area contributed by atoms with Crippen LogP contribution < -0.4 is 20.9 Å². The number of hydrogen-bond acceptors (Lipinski definition) is 11. The molecule has 0 spiro atoms. The fourth-order valence-electron chi connectivity index (χ4n) is 6.88. The van der Waals surface area contributed by atoms with Gasteiger partial charge in [0.05, 0.1) is 31.0 Å². The fourth-order valence-corrected chi connectivity index (χ4v) is 7.89. The summed E-state index contributed by atoms with van der Waals surface area (Å²) in [5.74, 6) is 0.689. The number of amides is 2. The third kappa shape index (κ3) is 9.17. The topological polar surface area (TPSA) is 126 Å². The Morgan fingerprint density at radius 3 is 2.31 bits per heavy atom. The third-order valence-corrected chi connectivity index (χ3v) is 11.0. The van der Waals surface area contributed by atoms with Crippen molar-refractivity contribution in [1.29, 1.82) is 0 Å². The van der Waals surface area contributed by atoms with Crippen LogP contribution in [0.25, 0.3) is 0 Å². The van der Waals surface area contributed by atoms with E-state index in [0.29, 0.717) is 25.1 Å². The lowest BCUT2D eigenvalue weighted by molar-refractivity contribution is -0.119. The maximum Gasteiger partial charge on any atom is 0.420 e. The summed E-state index contributed by atoms with van der Waals surface area (Å²) in [4.78, 5) is 42.5. The van der Waals surface area contributed by atoms with Crippen LogP contribution in [0.15, 0.2) is 102 Å². The largest absolute Gasteiger partial charge is 0.452 e. The van der Waals surface area contributed by atoms with E-state index in [1.165, 1.54) is 7.11 Å². The second-order valence-electron chi connectivity index (χ2n) is 13.4. The molecule has 52 heavy (non-hydrogen) atoms. The lowest BCUT2D eigenvalue weighted by atomic mass is 9.84. The number of nitrogens with one attached hydrogen (secondary N) is 1. The number of aryl methyl sites for hydroxylation is 1. The molecular weight excluding hydrogens is 675 g/mol. The Bertz CT molecular complexity index is 1720. The molecule has 3 aromatic carbocycles. The van der Waals surface area contributed by atoms with Crippen molar-refractivity contribution in [3.05, 3.63) is 114 Å². The van der Waals surface area contributed by atoms with Gasteiger partial charge in [-0.2, -0.15) is 0 Å². The van der Waals surface area contributed by atoms with E-state index in [1.54, 1.807) is 24.2 Å². The Balaban J connectivity index is 1.13. The maximum atomic E-state index is 14.3. The average Bonchev–Trinajstić information content (AvgIpc) is 3.18. The molecule has 3 heterocycles. The minimum absolute atomic E-state index is 0.0277. The number of morpholine rings is 1. The zero-order chi connectivity index (χ0) is 36.5. The average molecular weight is 724 g/mol. The predicted octanol–water partition coefficient (Wildman–Crippen LogP) is 4.96. The van der Waals surface area contributed by atoms with Gasteiger partial charge in [0.2, 0.25) is 0 Å². The van der Waals surface area contributed by atoms with Crippen LogP contribution in [0, 0.1) is 0 Å². The van der Waals surface area contributed by atoms with Crippen LogP contribution >= 0.6 is 11.8 Å². The molecule has 4 aromatic rings. The number of benzene rings is 3. The standard InChI is InChI=1S/C40H49N7O4S/c1-28-34(26-52-36-24-35(43-27-44-36)46-22-20-45(2)21-23-46)51-32(25-42-28)19-18-29-12-10-11-17-33(29)47(40(49)50-3)39(48)38(41)37(30-13-6-4-7-14-30)31-15-8-5-9-16-31/h4-17,24,27-28,32,34,37-38,42H,18-23,25-26,41H2,1-3H3/t28-,32-,34-,38+/m1/s1. The van der Waals surface area contributed by atoms with Crippen molar-refractivity contribution in [2.24, 2.45) is 5.73 Å². The maximum absolute atomic E-state index is 14.3. The number of methoxy groups -OCH3 is 1. The number of carbonyl (C=O) groups excluding carboxylic acids is 2. The molecule has 0 aliphatic carbocycles. The van der Waals surface area contributed by atoms with Gasteiger partial charge in [-0.3, -0.25) is 4.79 Å². The quantitative estimate of drug-likeness (QED) is 0.152. The van der Waals surface area contributed by atoms with Gasteiger partial charge in [-0.25, -0.2) is 19.7 Å². The summed E-state index contributed by atoms with van der Waals surface area (Å²) >= 11 is 1.68. The van der Waals surface area contributed by atoms with E-state index in [0.717, 1.165) is 64.4 Å². The van der Waals surface area contributed by atoms with Gasteiger partial charge in [0, 0.05) is 56.5 Å². The summed E-state index contributed by atoms with van der Waals surface area (Å²) in [6.07, 6.45) is 2.04. The zero-order valence-corrected chi connectivity index (χ0v) is 31.0. The van der Waals surface area contributed by atoms with Crippen molar-refractivity contribution in [2.45, 2.75) is 55.0 Å². The van der Waals surface area contributed by atoms with Crippen LogP contribution in [0.4, 0.5) is 16.3 Å². The van der Waals surface area contributed by atoms with Crippen LogP contribution in [0.3, 0.4) is 0 Å². The third-order valence-electron chi connectivity index (χ3n) is 9.95. The first-order valence-corrected chi connectivity index (χ1v) is 18.9. The smallest absolute Gasteiger partial charge is 0.420 e. The van der Waals surface area contributed by atoms with Gasteiger partial charge in [-0.05, 0) is 49.6 Å².